The average Bonchev–Trinajstić information content (AvgIpc) is 2.43. The van der Waals surface area contributed by atoms with Crippen molar-refractivity contribution in [3.63, 3.8) is 0 Å². The molecule has 1 heterocycles. The fourth-order valence-electron chi connectivity index (χ4n) is 1.50. The van der Waals surface area contributed by atoms with Crippen LogP contribution in [0.25, 0.3) is 10.9 Å². The van der Waals surface area contributed by atoms with E-state index in [2.05, 4.69) is 0 Å². The highest BCUT2D eigenvalue weighted by Crippen LogP contribution is 2.23. The first-order valence-corrected chi connectivity index (χ1v) is 3.95. The zero-order chi connectivity index (χ0) is 9.42. The maximum Gasteiger partial charge on any atom is 0.152 e. The molecule has 0 saturated carbocycles. The molecule has 66 valence electrons. The number of phenolic OH excluding ortho intramolecular Hbond substituents is 1. The predicted octanol–water partition coefficient (Wildman–Crippen LogP) is 1.70. The van der Waals surface area contributed by atoms with Crippen molar-refractivity contribution < 1.29 is 9.90 Å². The average molecular weight is 175 g/mol. The van der Waals surface area contributed by atoms with Gasteiger partial charge < -0.3 is 9.67 Å². The summed E-state index contributed by atoms with van der Waals surface area (Å²) in [5.74, 6) is 0.214. The van der Waals surface area contributed by atoms with Gasteiger partial charge in [-0.3, -0.25) is 4.79 Å². The molecule has 0 atom stereocenters. The van der Waals surface area contributed by atoms with Crippen LogP contribution in [0.5, 0.6) is 5.75 Å². The lowest BCUT2D eigenvalue weighted by molar-refractivity contribution is 0.112. The first kappa shape index (κ1) is 7.86. The number of nitrogens with zero attached hydrogens (tertiary/aromatic N) is 1. The summed E-state index contributed by atoms with van der Waals surface area (Å²) in [6, 6.07) is 4.96. The fraction of sp³-hybridized carbons (Fsp3) is 0.100. The molecular weight excluding hydrogens is 166 g/mol. The maximum absolute atomic E-state index is 10.6. The van der Waals surface area contributed by atoms with E-state index in [1.165, 1.54) is 0 Å². The Morgan fingerprint density at radius 1 is 1.46 bits per heavy atom. The number of aldehydes is 1. The van der Waals surface area contributed by atoms with Crippen LogP contribution < -0.4 is 0 Å². The normalized spacial score (nSPS) is 10.5. The Balaban J connectivity index is 2.88. The van der Waals surface area contributed by atoms with Crippen LogP contribution in [0.1, 0.15) is 10.4 Å². The van der Waals surface area contributed by atoms with Crippen LogP contribution in [-0.2, 0) is 7.05 Å². The van der Waals surface area contributed by atoms with Crippen LogP contribution in [0, 0.1) is 0 Å². The quantitative estimate of drug-likeness (QED) is 0.670. The highest BCUT2D eigenvalue weighted by atomic mass is 16.3. The van der Waals surface area contributed by atoms with Gasteiger partial charge in [-0.2, -0.15) is 0 Å². The number of hydrogen-bond acceptors (Lipinski definition) is 2. The van der Waals surface area contributed by atoms with E-state index in [1.54, 1.807) is 24.4 Å². The SMILES string of the molecule is Cn1cc(C=O)c2ccc(O)cc21. The highest BCUT2D eigenvalue weighted by Gasteiger charge is 2.05. The van der Waals surface area contributed by atoms with Crippen LogP contribution in [0.15, 0.2) is 24.4 Å². The molecule has 0 spiro atoms. The molecule has 3 heteroatoms. The molecule has 0 radical (unpaired) electrons. The van der Waals surface area contributed by atoms with Gasteiger partial charge in [-0.1, -0.05) is 0 Å². The van der Waals surface area contributed by atoms with Crippen molar-refractivity contribution in [2.45, 2.75) is 0 Å². The fourth-order valence-corrected chi connectivity index (χ4v) is 1.50. The van der Waals surface area contributed by atoms with E-state index in [4.69, 9.17) is 0 Å². The Hall–Kier alpha value is -1.77. The summed E-state index contributed by atoms with van der Waals surface area (Å²) < 4.78 is 1.82. The Labute approximate surface area is 75.2 Å². The van der Waals surface area contributed by atoms with E-state index in [-0.39, 0.29) is 5.75 Å². The molecule has 0 amide bonds. The van der Waals surface area contributed by atoms with Gasteiger partial charge in [-0.05, 0) is 12.1 Å². The molecule has 0 bridgehead atoms. The van der Waals surface area contributed by atoms with Gasteiger partial charge in [0.25, 0.3) is 0 Å². The Bertz CT molecular complexity index is 471. The third-order valence-electron chi connectivity index (χ3n) is 2.13. The van der Waals surface area contributed by atoms with Gasteiger partial charge in [-0.15, -0.1) is 0 Å². The number of aryl methyl sites for hydroxylation is 1. The van der Waals surface area contributed by atoms with E-state index in [0.29, 0.717) is 5.56 Å². The molecule has 13 heavy (non-hydrogen) atoms. The largest absolute Gasteiger partial charge is 0.508 e. The Kier molecular flexibility index (Phi) is 1.59. The standard InChI is InChI=1S/C10H9NO2/c1-11-5-7(6-12)9-3-2-8(13)4-10(9)11/h2-6,13H,1H3. The number of aromatic hydroxyl groups is 1. The summed E-state index contributed by atoms with van der Waals surface area (Å²) >= 11 is 0. The molecule has 1 aromatic heterocycles. The summed E-state index contributed by atoms with van der Waals surface area (Å²) in [4.78, 5) is 10.6. The third kappa shape index (κ3) is 1.09. The van der Waals surface area contributed by atoms with Crippen LogP contribution in [0.2, 0.25) is 0 Å². The predicted molar refractivity (Wildman–Crippen MR) is 50.0 cm³/mol. The number of phenols is 1. The second-order valence-corrected chi connectivity index (χ2v) is 3.01. The number of aromatic nitrogens is 1. The summed E-state index contributed by atoms with van der Waals surface area (Å²) in [6.45, 7) is 0. The zero-order valence-corrected chi connectivity index (χ0v) is 7.19. The minimum atomic E-state index is 0.214. The summed E-state index contributed by atoms with van der Waals surface area (Å²) in [7, 11) is 1.84. The Morgan fingerprint density at radius 3 is 2.92 bits per heavy atom. The van der Waals surface area contributed by atoms with Crippen molar-refractivity contribution in [3.8, 4) is 5.75 Å². The zero-order valence-electron chi connectivity index (χ0n) is 7.19. The van der Waals surface area contributed by atoms with Crippen molar-refractivity contribution in [1.29, 1.82) is 0 Å². The molecule has 0 aliphatic heterocycles. The van der Waals surface area contributed by atoms with Gasteiger partial charge in [0.15, 0.2) is 6.29 Å². The van der Waals surface area contributed by atoms with Crippen molar-refractivity contribution in [1.82, 2.24) is 4.57 Å². The lowest BCUT2D eigenvalue weighted by Gasteiger charge is -1.95. The van der Waals surface area contributed by atoms with Gasteiger partial charge in [0.2, 0.25) is 0 Å². The first-order chi connectivity index (χ1) is 6.22. The van der Waals surface area contributed by atoms with Gasteiger partial charge in [-0.25, -0.2) is 0 Å². The third-order valence-corrected chi connectivity index (χ3v) is 2.13. The molecule has 0 saturated heterocycles. The molecule has 0 aliphatic rings. The molecule has 1 N–H and O–H groups in total. The van der Waals surface area contributed by atoms with Crippen LogP contribution in [-0.4, -0.2) is 16.0 Å². The smallest absolute Gasteiger partial charge is 0.152 e. The van der Waals surface area contributed by atoms with Gasteiger partial charge >= 0.3 is 0 Å². The van der Waals surface area contributed by atoms with Gasteiger partial charge in [0.05, 0.1) is 5.52 Å². The van der Waals surface area contributed by atoms with Gasteiger partial charge in [0.1, 0.15) is 5.75 Å². The lowest BCUT2D eigenvalue weighted by atomic mass is 10.2. The van der Waals surface area contributed by atoms with Crippen LogP contribution >= 0.6 is 0 Å². The maximum atomic E-state index is 10.6. The summed E-state index contributed by atoms with van der Waals surface area (Å²) in [5, 5.41) is 10.1. The molecule has 1 aromatic carbocycles. The molecule has 0 aliphatic carbocycles. The number of hydrogen-bond donors (Lipinski definition) is 1. The van der Waals surface area contributed by atoms with Crippen LogP contribution in [0.4, 0.5) is 0 Å². The van der Waals surface area contributed by atoms with Crippen molar-refractivity contribution >= 4 is 17.2 Å². The molecule has 3 nitrogen and oxygen atoms in total. The molecule has 0 unspecified atom stereocenters. The van der Waals surface area contributed by atoms with E-state index in [1.807, 2.05) is 11.6 Å². The van der Waals surface area contributed by atoms with E-state index >= 15 is 0 Å². The number of fused-ring (bicyclic) bond motifs is 1. The van der Waals surface area contributed by atoms with Crippen LogP contribution in [0.3, 0.4) is 0 Å². The monoisotopic (exact) mass is 175 g/mol. The minimum absolute atomic E-state index is 0.214. The number of benzene rings is 1. The molecule has 0 fully saturated rings. The molecule has 2 rings (SSSR count). The van der Waals surface area contributed by atoms with Crippen molar-refractivity contribution in [2.24, 2.45) is 7.05 Å². The summed E-state index contributed by atoms with van der Waals surface area (Å²) in [5.41, 5.74) is 1.51. The Morgan fingerprint density at radius 2 is 2.23 bits per heavy atom. The number of rotatable bonds is 1. The summed E-state index contributed by atoms with van der Waals surface area (Å²) in [6.07, 6.45) is 2.57. The number of carbonyl (C=O) groups excluding carboxylic acids is 1. The first-order valence-electron chi connectivity index (χ1n) is 3.95. The second-order valence-electron chi connectivity index (χ2n) is 3.01. The highest BCUT2D eigenvalue weighted by molar-refractivity contribution is 5.98. The number of carbonyl (C=O) groups is 1. The van der Waals surface area contributed by atoms with Crippen molar-refractivity contribution in [2.75, 3.05) is 0 Å². The van der Waals surface area contributed by atoms with Gasteiger partial charge in [0, 0.05) is 30.3 Å². The minimum Gasteiger partial charge on any atom is -0.508 e. The lowest BCUT2D eigenvalue weighted by Crippen LogP contribution is -1.82. The second kappa shape index (κ2) is 2.62. The van der Waals surface area contributed by atoms with E-state index in [9.17, 15) is 9.90 Å². The molecular formula is C10H9NO2. The van der Waals surface area contributed by atoms with Crippen molar-refractivity contribution in [3.05, 3.63) is 30.0 Å². The van der Waals surface area contributed by atoms with E-state index in [0.717, 1.165) is 17.2 Å². The molecule has 2 aromatic rings. The topological polar surface area (TPSA) is 42.2 Å². The van der Waals surface area contributed by atoms with E-state index < -0.39 is 0 Å².